The van der Waals surface area contributed by atoms with Gasteiger partial charge in [0.15, 0.2) is 0 Å². The van der Waals surface area contributed by atoms with Crippen molar-refractivity contribution >= 4 is 33.6 Å². The minimum atomic E-state index is 0.0198. The third kappa shape index (κ3) is 2.91. The number of hydrogen-bond donors (Lipinski definition) is 0. The highest BCUT2D eigenvalue weighted by Gasteiger charge is 2.33. The first-order valence-corrected chi connectivity index (χ1v) is 9.43. The number of para-hydroxylation sites is 1. The van der Waals surface area contributed by atoms with E-state index in [1.807, 2.05) is 41.4 Å². The van der Waals surface area contributed by atoms with Crippen molar-refractivity contribution in [2.45, 2.75) is 11.9 Å². The summed E-state index contributed by atoms with van der Waals surface area (Å²) < 4.78 is 8.52. The Morgan fingerprint density at radius 1 is 1.21 bits per heavy atom. The molecule has 6 heteroatoms. The lowest BCUT2D eigenvalue weighted by atomic mass is 10.3. The number of carbonyl (C=O) groups is 1. The van der Waals surface area contributed by atoms with E-state index < -0.39 is 0 Å². The van der Waals surface area contributed by atoms with Crippen LogP contribution in [0.2, 0.25) is 0 Å². The number of carbonyl (C=O) groups excluding carboxylic acids is 1. The number of rotatable bonds is 4. The molecule has 1 fully saturated rings. The number of hydrogen-bond acceptors (Lipinski definition) is 3. The van der Waals surface area contributed by atoms with Gasteiger partial charge in [-0.05, 0) is 46.3 Å². The van der Waals surface area contributed by atoms with Gasteiger partial charge in [-0.15, -0.1) is 11.8 Å². The monoisotopic (exact) mass is 402 g/mol. The van der Waals surface area contributed by atoms with E-state index in [9.17, 15) is 4.79 Å². The zero-order chi connectivity index (χ0) is 16.5. The maximum atomic E-state index is 12.3. The van der Waals surface area contributed by atoms with Crippen LogP contribution in [0.15, 0.2) is 70.0 Å². The van der Waals surface area contributed by atoms with Gasteiger partial charge in [-0.1, -0.05) is 12.1 Å². The largest absolute Gasteiger partial charge is 0.467 e. The molecular formula is C18H15BrN2O2S. The van der Waals surface area contributed by atoms with Gasteiger partial charge in [-0.2, -0.15) is 0 Å². The normalized spacial score (nSPS) is 17.6. The number of thioether (sulfide) groups is 1. The lowest BCUT2D eigenvalue weighted by Crippen LogP contribution is -2.27. The van der Waals surface area contributed by atoms with Gasteiger partial charge in [0, 0.05) is 22.4 Å². The lowest BCUT2D eigenvalue weighted by molar-refractivity contribution is -0.128. The van der Waals surface area contributed by atoms with Gasteiger partial charge < -0.3 is 13.9 Å². The summed E-state index contributed by atoms with van der Waals surface area (Å²) in [6.07, 6.45) is 5.76. The van der Waals surface area contributed by atoms with Crippen LogP contribution < -0.4 is 0 Å². The summed E-state index contributed by atoms with van der Waals surface area (Å²) in [4.78, 5) is 14.1. The van der Waals surface area contributed by atoms with Gasteiger partial charge >= 0.3 is 0 Å². The molecule has 1 aromatic carbocycles. The molecule has 0 radical (unpaired) electrons. The molecule has 0 spiro atoms. The second-order valence-corrected chi connectivity index (χ2v) is 7.49. The van der Waals surface area contributed by atoms with Crippen molar-refractivity contribution in [3.05, 3.63) is 76.9 Å². The van der Waals surface area contributed by atoms with Crippen LogP contribution in [0.5, 0.6) is 0 Å². The number of amides is 1. The molecule has 122 valence electrons. The van der Waals surface area contributed by atoms with E-state index in [0.717, 1.165) is 21.5 Å². The van der Waals surface area contributed by atoms with Crippen LogP contribution in [0.3, 0.4) is 0 Å². The molecule has 1 aliphatic heterocycles. The Morgan fingerprint density at radius 2 is 2.08 bits per heavy atom. The molecule has 4 rings (SSSR count). The fraction of sp³-hybridized carbons (Fsp3) is 0.167. The molecule has 1 amide bonds. The molecule has 0 aliphatic carbocycles. The smallest absolute Gasteiger partial charge is 0.234 e. The number of aromatic nitrogens is 1. The maximum absolute atomic E-state index is 12.3. The van der Waals surface area contributed by atoms with E-state index in [0.29, 0.717) is 12.3 Å². The van der Waals surface area contributed by atoms with Crippen molar-refractivity contribution in [3.8, 4) is 5.69 Å². The molecule has 0 saturated carbocycles. The van der Waals surface area contributed by atoms with Crippen LogP contribution in [-0.4, -0.2) is 21.1 Å². The number of halogens is 1. The van der Waals surface area contributed by atoms with E-state index in [1.165, 1.54) is 0 Å². The minimum absolute atomic E-state index is 0.0198. The van der Waals surface area contributed by atoms with Crippen LogP contribution >= 0.6 is 27.7 Å². The average molecular weight is 403 g/mol. The van der Waals surface area contributed by atoms with Gasteiger partial charge in [0.1, 0.15) is 11.1 Å². The molecule has 4 nitrogen and oxygen atoms in total. The Labute approximate surface area is 152 Å². The van der Waals surface area contributed by atoms with Crippen molar-refractivity contribution in [3.63, 3.8) is 0 Å². The standard InChI is InChI=1S/C18H15BrN2O2S/c19-15-5-1-2-6-16(15)20-8-7-13(10-20)18-21(17(22)12-24-18)11-14-4-3-9-23-14/h1-10,18H,11-12H2/t18-/m1/s1. The molecule has 3 aromatic rings. The predicted molar refractivity (Wildman–Crippen MR) is 97.9 cm³/mol. The topological polar surface area (TPSA) is 38.4 Å². The van der Waals surface area contributed by atoms with Crippen LogP contribution in [0.1, 0.15) is 16.7 Å². The summed E-state index contributed by atoms with van der Waals surface area (Å²) in [7, 11) is 0. The van der Waals surface area contributed by atoms with Crippen molar-refractivity contribution < 1.29 is 9.21 Å². The van der Waals surface area contributed by atoms with Crippen molar-refractivity contribution in [2.24, 2.45) is 0 Å². The first-order valence-electron chi connectivity index (χ1n) is 7.58. The fourth-order valence-electron chi connectivity index (χ4n) is 2.84. The third-order valence-electron chi connectivity index (χ3n) is 4.01. The van der Waals surface area contributed by atoms with Crippen molar-refractivity contribution in [1.82, 2.24) is 9.47 Å². The molecule has 3 heterocycles. The molecule has 1 atom stereocenters. The molecule has 0 bridgehead atoms. The van der Waals surface area contributed by atoms with Gasteiger partial charge in [0.05, 0.1) is 24.2 Å². The second-order valence-electron chi connectivity index (χ2n) is 5.57. The maximum Gasteiger partial charge on any atom is 0.234 e. The molecule has 1 aliphatic rings. The highest BCUT2D eigenvalue weighted by molar-refractivity contribution is 9.10. The summed E-state index contributed by atoms with van der Waals surface area (Å²) >= 11 is 5.24. The number of furan rings is 1. The second kappa shape index (κ2) is 6.53. The zero-order valence-corrected chi connectivity index (χ0v) is 15.2. The molecular weight excluding hydrogens is 388 g/mol. The first kappa shape index (κ1) is 15.6. The Bertz CT molecular complexity index is 860. The van der Waals surface area contributed by atoms with Crippen LogP contribution in [0, 0.1) is 0 Å². The zero-order valence-electron chi connectivity index (χ0n) is 12.8. The average Bonchev–Trinajstić information content (AvgIpc) is 3.31. The minimum Gasteiger partial charge on any atom is -0.467 e. The number of benzene rings is 1. The van der Waals surface area contributed by atoms with E-state index in [2.05, 4.69) is 38.8 Å². The molecule has 24 heavy (non-hydrogen) atoms. The van der Waals surface area contributed by atoms with Crippen molar-refractivity contribution in [2.75, 3.05) is 5.75 Å². The molecule has 2 aromatic heterocycles. The van der Waals surface area contributed by atoms with Crippen LogP contribution in [-0.2, 0) is 11.3 Å². The van der Waals surface area contributed by atoms with E-state index in [4.69, 9.17) is 4.42 Å². The molecule has 1 saturated heterocycles. The summed E-state index contributed by atoms with van der Waals surface area (Å²) in [5.41, 5.74) is 2.20. The quantitative estimate of drug-likeness (QED) is 0.639. The van der Waals surface area contributed by atoms with Crippen LogP contribution in [0.25, 0.3) is 5.69 Å². The van der Waals surface area contributed by atoms with E-state index >= 15 is 0 Å². The first-order chi connectivity index (χ1) is 11.7. The summed E-state index contributed by atoms with van der Waals surface area (Å²) in [6.45, 7) is 0.504. The van der Waals surface area contributed by atoms with Gasteiger partial charge in [-0.25, -0.2) is 0 Å². The van der Waals surface area contributed by atoms with Gasteiger partial charge in [-0.3, -0.25) is 4.79 Å². The summed E-state index contributed by atoms with van der Waals surface area (Å²) in [5.74, 6) is 1.46. The van der Waals surface area contributed by atoms with E-state index in [1.54, 1.807) is 18.0 Å². The Morgan fingerprint density at radius 3 is 2.88 bits per heavy atom. The van der Waals surface area contributed by atoms with Crippen molar-refractivity contribution in [1.29, 1.82) is 0 Å². The Hall–Kier alpha value is -1.92. The van der Waals surface area contributed by atoms with E-state index in [-0.39, 0.29) is 11.3 Å². The Kier molecular flexibility index (Phi) is 4.24. The van der Waals surface area contributed by atoms with Gasteiger partial charge in [0.2, 0.25) is 5.91 Å². The highest BCUT2D eigenvalue weighted by atomic mass is 79.9. The highest BCUT2D eigenvalue weighted by Crippen LogP contribution is 2.40. The summed E-state index contributed by atoms with van der Waals surface area (Å²) in [5, 5.41) is 0.0198. The molecule has 0 unspecified atom stereocenters. The third-order valence-corrected chi connectivity index (χ3v) is 5.93. The van der Waals surface area contributed by atoms with Crippen LogP contribution in [0.4, 0.5) is 0 Å². The van der Waals surface area contributed by atoms with Gasteiger partial charge in [0.25, 0.3) is 0 Å². The molecule has 0 N–H and O–H groups in total. The Balaban J connectivity index is 1.61. The SMILES string of the molecule is O=C1CS[C@H](c2ccn(-c3ccccc3Br)c2)N1Cc1ccco1. The number of nitrogens with zero attached hydrogens (tertiary/aromatic N) is 2. The summed E-state index contributed by atoms with van der Waals surface area (Å²) in [6, 6.07) is 13.9. The fourth-order valence-corrected chi connectivity index (χ4v) is 4.50. The predicted octanol–water partition coefficient (Wildman–Crippen LogP) is 4.61. The lowest BCUT2D eigenvalue weighted by Gasteiger charge is -2.22.